The molecule has 7 nitrogen and oxygen atoms in total. The van der Waals surface area contributed by atoms with Gasteiger partial charge in [-0.3, -0.25) is 9.59 Å². The molecule has 1 aromatic carbocycles. The Morgan fingerprint density at radius 2 is 2.08 bits per heavy atom. The van der Waals surface area contributed by atoms with Crippen LogP contribution in [0.15, 0.2) is 18.2 Å². The lowest BCUT2D eigenvalue weighted by Gasteiger charge is -2.32. The fourth-order valence-electron chi connectivity index (χ4n) is 3.19. The number of rotatable bonds is 3. The number of carboxylic acids is 1. The molecule has 0 saturated carbocycles. The molecule has 2 aliphatic heterocycles. The quantitative estimate of drug-likeness (QED) is 0.871. The van der Waals surface area contributed by atoms with Gasteiger partial charge >= 0.3 is 5.97 Å². The van der Waals surface area contributed by atoms with E-state index < -0.39 is 23.8 Å². The van der Waals surface area contributed by atoms with Crippen molar-refractivity contribution < 1.29 is 28.6 Å². The molecule has 134 valence electrons. The second kappa shape index (κ2) is 6.79. The lowest BCUT2D eigenvalue weighted by Crippen LogP contribution is -2.50. The molecule has 0 radical (unpaired) electrons. The molecule has 0 spiro atoms. The third-order valence-corrected chi connectivity index (χ3v) is 4.52. The van der Waals surface area contributed by atoms with Crippen LogP contribution in [-0.2, 0) is 19.1 Å². The second-order valence-corrected chi connectivity index (χ2v) is 6.34. The van der Waals surface area contributed by atoms with Crippen molar-refractivity contribution in [1.29, 1.82) is 0 Å². The molecule has 2 fully saturated rings. The molecule has 0 aliphatic carbocycles. The van der Waals surface area contributed by atoms with E-state index in [-0.39, 0.29) is 50.2 Å². The van der Waals surface area contributed by atoms with E-state index in [9.17, 15) is 18.8 Å². The first-order valence-corrected chi connectivity index (χ1v) is 8.06. The van der Waals surface area contributed by atoms with Crippen LogP contribution in [0, 0.1) is 18.7 Å². The predicted octanol–water partition coefficient (Wildman–Crippen LogP) is 0.799. The van der Waals surface area contributed by atoms with Gasteiger partial charge in [0.15, 0.2) is 6.10 Å². The lowest BCUT2D eigenvalue weighted by molar-refractivity contribution is -0.160. The molecule has 2 saturated heterocycles. The minimum atomic E-state index is -1.12. The average Bonchev–Trinajstić information content (AvgIpc) is 2.96. The van der Waals surface area contributed by atoms with Crippen LogP contribution in [0.4, 0.5) is 10.1 Å². The minimum absolute atomic E-state index is 0.0127. The first-order chi connectivity index (χ1) is 11.9. The Kier molecular flexibility index (Phi) is 4.71. The highest BCUT2D eigenvalue weighted by Gasteiger charge is 2.40. The van der Waals surface area contributed by atoms with E-state index in [4.69, 9.17) is 9.84 Å². The summed E-state index contributed by atoms with van der Waals surface area (Å²) >= 11 is 0. The maximum absolute atomic E-state index is 14.1. The van der Waals surface area contributed by atoms with Gasteiger partial charge in [-0.1, -0.05) is 6.07 Å². The Bertz CT molecular complexity index is 723. The number of aryl methyl sites for hydroxylation is 1. The molecule has 2 heterocycles. The van der Waals surface area contributed by atoms with E-state index in [0.29, 0.717) is 0 Å². The molecule has 2 atom stereocenters. The molecule has 0 aromatic heterocycles. The van der Waals surface area contributed by atoms with E-state index in [1.54, 1.807) is 13.0 Å². The maximum atomic E-state index is 14.1. The van der Waals surface area contributed by atoms with Gasteiger partial charge in [-0.15, -0.1) is 0 Å². The van der Waals surface area contributed by atoms with Gasteiger partial charge in [0.05, 0.1) is 24.8 Å². The van der Waals surface area contributed by atoms with Crippen molar-refractivity contribution >= 4 is 23.5 Å². The van der Waals surface area contributed by atoms with Gasteiger partial charge in [0.25, 0.3) is 0 Å². The van der Waals surface area contributed by atoms with Gasteiger partial charge in [0.2, 0.25) is 11.8 Å². The first-order valence-electron chi connectivity index (χ1n) is 8.06. The third kappa shape index (κ3) is 3.48. The monoisotopic (exact) mass is 350 g/mol. The molecule has 0 bridgehead atoms. The number of benzene rings is 1. The number of carbonyl (C=O) groups excluding carboxylic acids is 2. The normalized spacial score (nSPS) is 23.8. The largest absolute Gasteiger partial charge is 0.479 e. The number of ether oxygens (including phenoxy) is 1. The number of hydrogen-bond donors (Lipinski definition) is 1. The fourth-order valence-corrected chi connectivity index (χ4v) is 3.19. The number of morpholine rings is 1. The van der Waals surface area contributed by atoms with Gasteiger partial charge in [-0.25, -0.2) is 9.18 Å². The summed E-state index contributed by atoms with van der Waals surface area (Å²) in [5, 5.41) is 9.02. The van der Waals surface area contributed by atoms with Gasteiger partial charge in [0.1, 0.15) is 5.82 Å². The van der Waals surface area contributed by atoms with Crippen molar-refractivity contribution in [3.8, 4) is 0 Å². The zero-order valence-corrected chi connectivity index (χ0v) is 13.8. The number of hydrogen-bond acceptors (Lipinski definition) is 4. The second-order valence-electron chi connectivity index (χ2n) is 6.34. The van der Waals surface area contributed by atoms with Gasteiger partial charge in [0, 0.05) is 19.5 Å². The van der Waals surface area contributed by atoms with E-state index in [1.807, 2.05) is 0 Å². The number of halogens is 1. The standard InChI is InChI=1S/C17H19FN2O5/c1-10-2-3-13(12(18)6-10)20-8-11(7-15(20)21)16(22)19-4-5-25-14(9-19)17(23)24/h2-3,6,11,14H,4-5,7-9H2,1H3,(H,23,24)/t11-,14-/m0/s1. The van der Waals surface area contributed by atoms with Crippen LogP contribution in [0.5, 0.6) is 0 Å². The molecule has 3 rings (SSSR count). The summed E-state index contributed by atoms with van der Waals surface area (Å²) in [5.74, 6) is -2.84. The molecule has 25 heavy (non-hydrogen) atoms. The number of amides is 2. The molecule has 0 unspecified atom stereocenters. The summed E-state index contributed by atoms with van der Waals surface area (Å²) in [6.45, 7) is 2.22. The summed E-state index contributed by atoms with van der Waals surface area (Å²) in [7, 11) is 0. The van der Waals surface area contributed by atoms with Gasteiger partial charge in [-0.2, -0.15) is 0 Å². The van der Waals surface area contributed by atoms with E-state index in [0.717, 1.165) is 5.56 Å². The Morgan fingerprint density at radius 1 is 1.32 bits per heavy atom. The molecule has 2 aliphatic rings. The van der Waals surface area contributed by atoms with Crippen molar-refractivity contribution in [1.82, 2.24) is 4.90 Å². The topological polar surface area (TPSA) is 87.2 Å². The fraction of sp³-hybridized carbons (Fsp3) is 0.471. The highest BCUT2D eigenvalue weighted by atomic mass is 19.1. The van der Waals surface area contributed by atoms with Crippen LogP contribution in [0.3, 0.4) is 0 Å². The van der Waals surface area contributed by atoms with Gasteiger partial charge in [-0.05, 0) is 24.6 Å². The summed E-state index contributed by atoms with van der Waals surface area (Å²) < 4.78 is 19.2. The summed E-state index contributed by atoms with van der Waals surface area (Å²) in [6, 6.07) is 4.59. The van der Waals surface area contributed by atoms with Crippen LogP contribution >= 0.6 is 0 Å². The molecule has 1 aromatic rings. The van der Waals surface area contributed by atoms with E-state index >= 15 is 0 Å². The lowest BCUT2D eigenvalue weighted by atomic mass is 10.1. The van der Waals surface area contributed by atoms with E-state index in [1.165, 1.54) is 21.9 Å². The minimum Gasteiger partial charge on any atom is -0.479 e. The number of anilines is 1. The van der Waals surface area contributed by atoms with Crippen molar-refractivity contribution in [3.05, 3.63) is 29.6 Å². The molecule has 8 heteroatoms. The van der Waals surface area contributed by atoms with Crippen molar-refractivity contribution in [3.63, 3.8) is 0 Å². The van der Waals surface area contributed by atoms with Crippen LogP contribution in [0.25, 0.3) is 0 Å². The Labute approximate surface area is 144 Å². The van der Waals surface area contributed by atoms with E-state index in [2.05, 4.69) is 0 Å². The maximum Gasteiger partial charge on any atom is 0.334 e. The zero-order chi connectivity index (χ0) is 18.1. The smallest absolute Gasteiger partial charge is 0.334 e. The Morgan fingerprint density at radius 3 is 2.76 bits per heavy atom. The predicted molar refractivity (Wildman–Crippen MR) is 85.6 cm³/mol. The van der Waals surface area contributed by atoms with Crippen molar-refractivity contribution in [2.45, 2.75) is 19.4 Å². The number of carboxylic acid groups (broad SMARTS) is 1. The SMILES string of the molecule is Cc1ccc(N2C[C@@H](C(=O)N3CCO[C@H](C(=O)O)C3)CC2=O)c(F)c1. The summed E-state index contributed by atoms with van der Waals surface area (Å²) in [4.78, 5) is 38.6. The van der Waals surface area contributed by atoms with Crippen LogP contribution in [-0.4, -0.2) is 60.1 Å². The van der Waals surface area contributed by atoms with Crippen LogP contribution < -0.4 is 4.90 Å². The third-order valence-electron chi connectivity index (χ3n) is 4.52. The van der Waals surface area contributed by atoms with Crippen molar-refractivity contribution in [2.75, 3.05) is 31.1 Å². The average molecular weight is 350 g/mol. The first kappa shape index (κ1) is 17.3. The Hall–Kier alpha value is -2.48. The number of aliphatic carboxylic acids is 1. The zero-order valence-electron chi connectivity index (χ0n) is 13.8. The number of nitrogens with zero attached hydrogens (tertiary/aromatic N) is 2. The van der Waals surface area contributed by atoms with Gasteiger partial charge < -0.3 is 19.6 Å². The Balaban J connectivity index is 1.71. The van der Waals surface area contributed by atoms with Crippen molar-refractivity contribution in [2.24, 2.45) is 5.92 Å². The molecule has 1 N–H and O–H groups in total. The molecular formula is C17H19FN2O5. The number of carbonyl (C=O) groups is 3. The summed E-state index contributed by atoms with van der Waals surface area (Å²) in [5.41, 5.74) is 0.907. The molecular weight excluding hydrogens is 331 g/mol. The molecule has 2 amide bonds. The van der Waals surface area contributed by atoms with Crippen LogP contribution in [0.1, 0.15) is 12.0 Å². The highest BCUT2D eigenvalue weighted by Crippen LogP contribution is 2.29. The van der Waals surface area contributed by atoms with Crippen LogP contribution in [0.2, 0.25) is 0 Å². The summed E-state index contributed by atoms with van der Waals surface area (Å²) in [6.07, 6.45) is -1.07. The highest BCUT2D eigenvalue weighted by molar-refractivity contribution is 6.00.